The summed E-state index contributed by atoms with van der Waals surface area (Å²) >= 11 is 3.36. The maximum atomic E-state index is 5.87. The molecule has 5 heteroatoms. The Bertz CT molecular complexity index is 290. The second-order valence-corrected chi connectivity index (χ2v) is 4.16. The van der Waals surface area contributed by atoms with E-state index in [9.17, 15) is 0 Å². The molecule has 2 heterocycles. The van der Waals surface area contributed by atoms with Crippen LogP contribution in [0.3, 0.4) is 0 Å². The van der Waals surface area contributed by atoms with Crippen LogP contribution in [0, 0.1) is 0 Å². The lowest BCUT2D eigenvalue weighted by atomic mass is 10.1. The van der Waals surface area contributed by atoms with E-state index >= 15 is 0 Å². The Morgan fingerprint density at radius 3 is 2.77 bits per heavy atom. The summed E-state index contributed by atoms with van der Waals surface area (Å²) in [6.45, 7) is 2.11. The van der Waals surface area contributed by atoms with Gasteiger partial charge in [-0.3, -0.25) is 0 Å². The highest BCUT2D eigenvalue weighted by molar-refractivity contribution is 9.10. The summed E-state index contributed by atoms with van der Waals surface area (Å²) in [7, 11) is 0. The van der Waals surface area contributed by atoms with Crippen LogP contribution in [-0.2, 0) is 0 Å². The van der Waals surface area contributed by atoms with Crippen LogP contribution in [0.5, 0.6) is 0 Å². The zero-order chi connectivity index (χ0) is 9.26. The van der Waals surface area contributed by atoms with Crippen LogP contribution in [0.2, 0.25) is 0 Å². The van der Waals surface area contributed by atoms with Gasteiger partial charge in [0.1, 0.15) is 5.82 Å². The van der Waals surface area contributed by atoms with Gasteiger partial charge >= 0.3 is 0 Å². The summed E-state index contributed by atoms with van der Waals surface area (Å²) in [5.41, 5.74) is 5.87. The molecule has 0 unspecified atom stereocenters. The molecule has 0 amide bonds. The average Bonchev–Trinajstić information content (AvgIpc) is 2.49. The third-order valence-corrected chi connectivity index (χ3v) is 3.05. The molecule has 1 aliphatic rings. The van der Waals surface area contributed by atoms with Gasteiger partial charge in [-0.05, 0) is 41.9 Å². The predicted molar refractivity (Wildman–Crippen MR) is 55.5 cm³/mol. The zero-order valence-electron chi connectivity index (χ0n) is 7.33. The lowest BCUT2D eigenvalue weighted by molar-refractivity contribution is 0.347. The number of anilines is 1. The Balaban J connectivity index is 2.18. The number of aromatic nitrogens is 2. The number of hydrogen-bond acceptors (Lipinski definition) is 3. The van der Waals surface area contributed by atoms with E-state index in [4.69, 9.17) is 5.73 Å². The summed E-state index contributed by atoms with van der Waals surface area (Å²) in [4.78, 5) is 0. The van der Waals surface area contributed by atoms with Crippen molar-refractivity contribution in [3.8, 4) is 0 Å². The lowest BCUT2D eigenvalue weighted by Crippen LogP contribution is -2.30. The van der Waals surface area contributed by atoms with E-state index in [0.29, 0.717) is 6.04 Å². The fraction of sp³-hybridized carbons (Fsp3) is 0.625. The van der Waals surface area contributed by atoms with Crippen LogP contribution in [0.25, 0.3) is 0 Å². The van der Waals surface area contributed by atoms with Crippen LogP contribution in [0.1, 0.15) is 18.9 Å². The standard InChI is InChI=1S/C8H13BrN4/c9-7-5-12-13(8(7)10)6-1-3-11-4-2-6/h5-6,11H,1-4,10H2. The molecule has 72 valence electrons. The molecule has 0 atom stereocenters. The van der Waals surface area contributed by atoms with E-state index in [1.54, 1.807) is 6.20 Å². The summed E-state index contributed by atoms with van der Waals surface area (Å²) in [5, 5.41) is 7.57. The first kappa shape index (κ1) is 9.02. The van der Waals surface area contributed by atoms with E-state index in [-0.39, 0.29) is 0 Å². The fourth-order valence-corrected chi connectivity index (χ4v) is 1.97. The zero-order valence-corrected chi connectivity index (χ0v) is 8.92. The Labute approximate surface area is 85.6 Å². The molecule has 0 aliphatic carbocycles. The molecule has 0 spiro atoms. The Hall–Kier alpha value is -0.550. The summed E-state index contributed by atoms with van der Waals surface area (Å²) in [5.74, 6) is 0.743. The first-order valence-corrected chi connectivity index (χ1v) is 5.27. The molecule has 0 aromatic carbocycles. The highest BCUT2D eigenvalue weighted by atomic mass is 79.9. The van der Waals surface area contributed by atoms with Crippen molar-refractivity contribution in [2.24, 2.45) is 0 Å². The number of nitrogens with zero attached hydrogens (tertiary/aromatic N) is 2. The SMILES string of the molecule is Nc1c(Br)cnn1C1CCNCC1. The van der Waals surface area contributed by atoms with Crippen molar-refractivity contribution in [3.63, 3.8) is 0 Å². The first-order valence-electron chi connectivity index (χ1n) is 4.48. The van der Waals surface area contributed by atoms with Gasteiger partial charge in [-0.1, -0.05) is 0 Å². The van der Waals surface area contributed by atoms with Gasteiger partial charge in [0.15, 0.2) is 0 Å². The van der Waals surface area contributed by atoms with Gasteiger partial charge < -0.3 is 11.1 Å². The molecule has 4 nitrogen and oxygen atoms in total. The highest BCUT2D eigenvalue weighted by Crippen LogP contribution is 2.25. The monoisotopic (exact) mass is 244 g/mol. The molecule has 1 fully saturated rings. The third-order valence-electron chi connectivity index (χ3n) is 2.44. The minimum absolute atomic E-state index is 0.465. The molecule has 1 aromatic rings. The molecule has 2 rings (SSSR count). The number of nitrogen functional groups attached to an aromatic ring is 1. The van der Waals surface area contributed by atoms with Gasteiger partial charge in [-0.25, -0.2) is 4.68 Å². The molecule has 0 bridgehead atoms. The van der Waals surface area contributed by atoms with Crippen molar-refractivity contribution in [2.75, 3.05) is 18.8 Å². The van der Waals surface area contributed by atoms with E-state index in [1.165, 1.54) is 0 Å². The van der Waals surface area contributed by atoms with Crippen LogP contribution in [0.4, 0.5) is 5.82 Å². The lowest BCUT2D eigenvalue weighted by Gasteiger charge is -2.23. The summed E-state index contributed by atoms with van der Waals surface area (Å²) in [6.07, 6.45) is 3.98. The van der Waals surface area contributed by atoms with Crippen LogP contribution >= 0.6 is 15.9 Å². The smallest absolute Gasteiger partial charge is 0.136 e. The van der Waals surface area contributed by atoms with Crippen LogP contribution in [-0.4, -0.2) is 22.9 Å². The second kappa shape index (κ2) is 3.67. The third kappa shape index (κ3) is 1.71. The van der Waals surface area contributed by atoms with E-state index in [0.717, 1.165) is 36.2 Å². The van der Waals surface area contributed by atoms with Gasteiger partial charge in [0.25, 0.3) is 0 Å². The van der Waals surface area contributed by atoms with Crippen LogP contribution in [0.15, 0.2) is 10.7 Å². The number of nitrogens with two attached hydrogens (primary N) is 1. The first-order chi connectivity index (χ1) is 6.29. The minimum atomic E-state index is 0.465. The van der Waals surface area contributed by atoms with E-state index in [2.05, 4.69) is 26.3 Å². The number of nitrogens with one attached hydrogen (secondary N) is 1. The number of piperidine rings is 1. The van der Waals surface area contributed by atoms with Gasteiger partial charge in [-0.2, -0.15) is 5.10 Å². The number of halogens is 1. The quantitative estimate of drug-likeness (QED) is 0.780. The van der Waals surface area contributed by atoms with Crippen molar-refractivity contribution in [3.05, 3.63) is 10.7 Å². The molecule has 1 aliphatic heterocycles. The van der Waals surface area contributed by atoms with Gasteiger partial charge in [0.2, 0.25) is 0 Å². The molecular formula is C8H13BrN4. The molecule has 1 aromatic heterocycles. The number of rotatable bonds is 1. The Morgan fingerprint density at radius 1 is 1.54 bits per heavy atom. The van der Waals surface area contributed by atoms with E-state index in [1.807, 2.05) is 4.68 Å². The molecular weight excluding hydrogens is 232 g/mol. The largest absolute Gasteiger partial charge is 0.383 e. The topological polar surface area (TPSA) is 55.9 Å². The fourth-order valence-electron chi connectivity index (χ4n) is 1.69. The second-order valence-electron chi connectivity index (χ2n) is 3.30. The maximum Gasteiger partial charge on any atom is 0.136 e. The Morgan fingerprint density at radius 2 is 2.23 bits per heavy atom. The van der Waals surface area contributed by atoms with Crippen LogP contribution < -0.4 is 11.1 Å². The van der Waals surface area contributed by atoms with Gasteiger partial charge in [0.05, 0.1) is 16.7 Å². The average molecular weight is 245 g/mol. The molecule has 3 N–H and O–H groups in total. The van der Waals surface area contributed by atoms with Crippen molar-refractivity contribution < 1.29 is 0 Å². The molecule has 0 saturated carbocycles. The molecule has 1 saturated heterocycles. The van der Waals surface area contributed by atoms with Gasteiger partial charge in [-0.15, -0.1) is 0 Å². The van der Waals surface area contributed by atoms with Crippen molar-refractivity contribution in [1.82, 2.24) is 15.1 Å². The van der Waals surface area contributed by atoms with Gasteiger partial charge in [0, 0.05) is 0 Å². The van der Waals surface area contributed by atoms with Crippen molar-refractivity contribution in [2.45, 2.75) is 18.9 Å². The highest BCUT2D eigenvalue weighted by Gasteiger charge is 2.18. The number of hydrogen-bond donors (Lipinski definition) is 2. The van der Waals surface area contributed by atoms with Crippen molar-refractivity contribution >= 4 is 21.7 Å². The maximum absolute atomic E-state index is 5.87. The summed E-state index contributed by atoms with van der Waals surface area (Å²) < 4.78 is 2.82. The summed E-state index contributed by atoms with van der Waals surface area (Å²) in [6, 6.07) is 0.465. The molecule has 13 heavy (non-hydrogen) atoms. The van der Waals surface area contributed by atoms with Crippen molar-refractivity contribution in [1.29, 1.82) is 0 Å². The predicted octanol–water partition coefficient (Wildman–Crippen LogP) is 1.15. The Kier molecular flexibility index (Phi) is 2.55. The minimum Gasteiger partial charge on any atom is -0.383 e. The van der Waals surface area contributed by atoms with E-state index < -0.39 is 0 Å². The normalized spacial score (nSPS) is 19.2. The molecule has 0 radical (unpaired) electrons.